The Morgan fingerprint density at radius 1 is 1.11 bits per heavy atom. The molecule has 0 saturated heterocycles. The van der Waals surface area contributed by atoms with Crippen LogP contribution in [0.3, 0.4) is 0 Å². The Morgan fingerprint density at radius 2 is 1.89 bits per heavy atom. The molecule has 3 rings (SSSR count). The maximum Gasteiger partial charge on any atom is 0.248 e. The Bertz CT molecular complexity index is 930. The number of nitrogens with zero attached hydrogens (tertiary/aromatic N) is 3. The molecule has 0 bridgehead atoms. The summed E-state index contributed by atoms with van der Waals surface area (Å²) in [6.07, 6.45) is 1.62. The molecule has 2 N–H and O–H groups in total. The number of benzene rings is 2. The van der Waals surface area contributed by atoms with E-state index in [2.05, 4.69) is 20.7 Å². The van der Waals surface area contributed by atoms with E-state index >= 15 is 0 Å². The lowest BCUT2D eigenvalue weighted by Crippen LogP contribution is -2.20. The number of aromatic nitrogens is 3. The smallest absolute Gasteiger partial charge is 0.248 e. The molecule has 0 aliphatic heterocycles. The van der Waals surface area contributed by atoms with Crippen LogP contribution in [0.2, 0.25) is 10.0 Å². The molecule has 9 heteroatoms. The van der Waals surface area contributed by atoms with Gasteiger partial charge in [0.05, 0.1) is 23.2 Å². The minimum absolute atomic E-state index is 0.395. The van der Waals surface area contributed by atoms with Gasteiger partial charge in [-0.1, -0.05) is 29.3 Å². The van der Waals surface area contributed by atoms with Crippen LogP contribution in [-0.2, 0) is 6.54 Å². The van der Waals surface area contributed by atoms with Crippen LogP contribution >= 0.6 is 35.4 Å². The number of hydrogen-bond acceptors (Lipinski definition) is 4. The second-order valence-corrected chi connectivity index (χ2v) is 6.77. The third-order valence-corrected chi connectivity index (χ3v) is 4.46. The predicted octanol–water partition coefficient (Wildman–Crippen LogP) is 4.84. The molecule has 27 heavy (non-hydrogen) atoms. The van der Waals surface area contributed by atoms with Crippen LogP contribution in [0.5, 0.6) is 5.75 Å². The number of rotatable bonds is 6. The van der Waals surface area contributed by atoms with Crippen molar-refractivity contribution in [3.8, 4) is 5.75 Å². The zero-order valence-corrected chi connectivity index (χ0v) is 16.8. The third-order valence-electron chi connectivity index (χ3n) is 3.51. The molecule has 0 radical (unpaired) electrons. The first-order valence-corrected chi connectivity index (χ1v) is 9.34. The van der Waals surface area contributed by atoms with E-state index in [1.54, 1.807) is 23.1 Å². The minimum atomic E-state index is 0.395. The highest BCUT2D eigenvalue weighted by Crippen LogP contribution is 2.23. The van der Waals surface area contributed by atoms with Crippen LogP contribution in [0, 0.1) is 0 Å². The second kappa shape index (κ2) is 9.03. The van der Waals surface area contributed by atoms with Crippen molar-refractivity contribution >= 4 is 52.2 Å². The first-order valence-electron chi connectivity index (χ1n) is 8.17. The first kappa shape index (κ1) is 19.4. The van der Waals surface area contributed by atoms with Gasteiger partial charge in [0.2, 0.25) is 5.95 Å². The monoisotopic (exact) mass is 421 g/mol. The molecule has 0 amide bonds. The molecule has 1 aromatic heterocycles. The van der Waals surface area contributed by atoms with E-state index in [0.717, 1.165) is 17.0 Å². The highest BCUT2D eigenvalue weighted by atomic mass is 35.5. The van der Waals surface area contributed by atoms with Crippen LogP contribution < -0.4 is 15.4 Å². The van der Waals surface area contributed by atoms with Crippen LogP contribution in [0.15, 0.2) is 48.8 Å². The van der Waals surface area contributed by atoms with Gasteiger partial charge in [-0.25, -0.2) is 9.67 Å². The Balaban J connectivity index is 1.56. The van der Waals surface area contributed by atoms with Crippen molar-refractivity contribution in [2.45, 2.75) is 13.5 Å². The van der Waals surface area contributed by atoms with Crippen molar-refractivity contribution in [3.63, 3.8) is 0 Å². The van der Waals surface area contributed by atoms with Crippen molar-refractivity contribution in [3.05, 3.63) is 64.4 Å². The van der Waals surface area contributed by atoms with Gasteiger partial charge in [-0.3, -0.25) is 5.32 Å². The third kappa shape index (κ3) is 5.56. The Hall–Kier alpha value is -2.35. The number of anilines is 2. The summed E-state index contributed by atoms with van der Waals surface area (Å²) in [7, 11) is 0. The SMILES string of the molecule is CCOc1ccc(NC(=S)Nc2ncn(Cc3ccc(Cl)c(Cl)c3)n2)cc1. The number of nitrogens with one attached hydrogen (secondary N) is 2. The van der Waals surface area contributed by atoms with E-state index in [0.29, 0.717) is 34.3 Å². The molecule has 140 valence electrons. The zero-order valence-electron chi connectivity index (χ0n) is 14.4. The summed E-state index contributed by atoms with van der Waals surface area (Å²) in [6.45, 7) is 3.09. The van der Waals surface area contributed by atoms with E-state index in [1.807, 2.05) is 37.3 Å². The van der Waals surface area contributed by atoms with Crippen LogP contribution in [0.4, 0.5) is 11.6 Å². The van der Waals surface area contributed by atoms with Gasteiger partial charge in [0.25, 0.3) is 0 Å². The lowest BCUT2D eigenvalue weighted by atomic mass is 10.2. The maximum absolute atomic E-state index is 6.04. The largest absolute Gasteiger partial charge is 0.494 e. The highest BCUT2D eigenvalue weighted by Gasteiger charge is 2.06. The fraction of sp³-hybridized carbons (Fsp3) is 0.167. The molecule has 0 spiro atoms. The topological polar surface area (TPSA) is 64.0 Å². The zero-order chi connectivity index (χ0) is 19.2. The molecule has 0 aliphatic rings. The molecule has 6 nitrogen and oxygen atoms in total. The molecule has 0 atom stereocenters. The lowest BCUT2D eigenvalue weighted by Gasteiger charge is -2.09. The number of hydrogen-bond donors (Lipinski definition) is 2. The van der Waals surface area contributed by atoms with Crippen molar-refractivity contribution in [1.82, 2.24) is 14.8 Å². The molecular weight excluding hydrogens is 405 g/mol. The summed E-state index contributed by atoms with van der Waals surface area (Å²) in [5.74, 6) is 1.21. The molecule has 0 aliphatic carbocycles. The summed E-state index contributed by atoms with van der Waals surface area (Å²) < 4.78 is 7.09. The summed E-state index contributed by atoms with van der Waals surface area (Å²) in [6, 6.07) is 13.0. The van der Waals surface area contributed by atoms with Crippen LogP contribution in [0.25, 0.3) is 0 Å². The molecular formula is C18H17Cl2N5OS. The summed E-state index contributed by atoms with van der Waals surface area (Å²) >= 11 is 17.3. The van der Waals surface area contributed by atoms with E-state index in [1.165, 1.54) is 0 Å². The minimum Gasteiger partial charge on any atom is -0.494 e. The summed E-state index contributed by atoms with van der Waals surface area (Å²) in [5.41, 5.74) is 1.81. The standard InChI is InChI=1S/C18H17Cl2N5OS/c1-2-26-14-6-4-13(5-7-14)22-18(27)23-17-21-11-25(24-17)10-12-3-8-15(19)16(20)9-12/h3-9,11H,2,10H2,1H3,(H2,22,23,24,27). The number of halogens is 2. The first-order chi connectivity index (χ1) is 13.0. The van der Waals surface area contributed by atoms with Gasteiger partial charge < -0.3 is 10.1 Å². The Morgan fingerprint density at radius 3 is 2.59 bits per heavy atom. The van der Waals surface area contributed by atoms with Crippen LogP contribution in [0.1, 0.15) is 12.5 Å². The van der Waals surface area contributed by atoms with Crippen LogP contribution in [-0.4, -0.2) is 26.5 Å². The Labute approximate surface area is 172 Å². The average molecular weight is 422 g/mol. The quantitative estimate of drug-likeness (QED) is 0.555. The number of ether oxygens (including phenoxy) is 1. The highest BCUT2D eigenvalue weighted by molar-refractivity contribution is 7.80. The van der Waals surface area contributed by atoms with Gasteiger partial charge in [0.1, 0.15) is 12.1 Å². The van der Waals surface area contributed by atoms with Gasteiger partial charge in [-0.15, -0.1) is 5.10 Å². The van der Waals surface area contributed by atoms with E-state index in [-0.39, 0.29) is 0 Å². The van der Waals surface area contributed by atoms with Gasteiger partial charge in [0.15, 0.2) is 5.11 Å². The maximum atomic E-state index is 6.04. The average Bonchev–Trinajstić information content (AvgIpc) is 3.07. The summed E-state index contributed by atoms with van der Waals surface area (Å²) in [4.78, 5) is 4.21. The lowest BCUT2D eigenvalue weighted by molar-refractivity contribution is 0.340. The van der Waals surface area contributed by atoms with Gasteiger partial charge in [0, 0.05) is 5.69 Å². The van der Waals surface area contributed by atoms with E-state index in [9.17, 15) is 0 Å². The molecule has 2 aromatic carbocycles. The molecule has 1 heterocycles. The van der Waals surface area contributed by atoms with Gasteiger partial charge in [-0.05, 0) is 61.1 Å². The molecule has 0 unspecified atom stereocenters. The van der Waals surface area contributed by atoms with Crippen molar-refractivity contribution in [2.75, 3.05) is 17.2 Å². The summed E-state index contributed by atoms with van der Waals surface area (Å²) in [5, 5.41) is 11.8. The fourth-order valence-corrected chi connectivity index (χ4v) is 2.85. The Kier molecular flexibility index (Phi) is 6.49. The molecule has 0 saturated carbocycles. The normalized spacial score (nSPS) is 10.5. The van der Waals surface area contributed by atoms with Crippen molar-refractivity contribution in [2.24, 2.45) is 0 Å². The van der Waals surface area contributed by atoms with E-state index in [4.69, 9.17) is 40.2 Å². The van der Waals surface area contributed by atoms with Crippen molar-refractivity contribution in [1.29, 1.82) is 0 Å². The van der Waals surface area contributed by atoms with Gasteiger partial charge >= 0.3 is 0 Å². The molecule has 3 aromatic rings. The van der Waals surface area contributed by atoms with Gasteiger partial charge in [-0.2, -0.15) is 0 Å². The number of thiocarbonyl (C=S) groups is 1. The van der Waals surface area contributed by atoms with Crippen molar-refractivity contribution < 1.29 is 4.74 Å². The molecule has 0 fully saturated rings. The predicted molar refractivity (Wildman–Crippen MR) is 113 cm³/mol. The fourth-order valence-electron chi connectivity index (χ4n) is 2.32. The van der Waals surface area contributed by atoms with E-state index < -0.39 is 0 Å². The second-order valence-electron chi connectivity index (χ2n) is 5.55.